The van der Waals surface area contributed by atoms with Crippen LogP contribution in [0.5, 0.6) is 5.75 Å². The summed E-state index contributed by atoms with van der Waals surface area (Å²) >= 11 is 0. The van der Waals surface area contributed by atoms with Gasteiger partial charge in [-0.25, -0.2) is 4.21 Å². The highest BCUT2D eigenvalue weighted by atomic mass is 32.2. The third kappa shape index (κ3) is 5.03. The first kappa shape index (κ1) is 21.5. The molecule has 0 radical (unpaired) electrons. The molecular formula is C19H16F3N3O4S. The second-order valence-electron chi connectivity index (χ2n) is 6.27. The molecule has 0 spiro atoms. The number of hydrogen-bond donors (Lipinski definition) is 0. The maximum Gasteiger partial charge on any atom is 0.471 e. The predicted octanol–water partition coefficient (Wildman–Crippen LogP) is 3.98. The third-order valence-electron chi connectivity index (χ3n) is 4.01. The zero-order valence-corrected chi connectivity index (χ0v) is 16.7. The van der Waals surface area contributed by atoms with Crippen LogP contribution in [0.2, 0.25) is 0 Å². The van der Waals surface area contributed by atoms with Crippen LogP contribution in [0, 0.1) is 0 Å². The number of carbonyl (C=O) groups is 1. The molecule has 1 heterocycles. The van der Waals surface area contributed by atoms with Crippen LogP contribution in [-0.4, -0.2) is 33.6 Å². The zero-order valence-electron chi connectivity index (χ0n) is 15.8. The van der Waals surface area contributed by atoms with Gasteiger partial charge in [0.05, 0.1) is 21.7 Å². The van der Waals surface area contributed by atoms with Crippen molar-refractivity contribution in [2.45, 2.75) is 17.5 Å². The van der Waals surface area contributed by atoms with E-state index >= 15 is 0 Å². The molecule has 1 unspecified atom stereocenters. The lowest BCUT2D eigenvalue weighted by atomic mass is 10.1. The molecule has 0 aliphatic heterocycles. The largest absolute Gasteiger partial charge is 0.497 e. The smallest absolute Gasteiger partial charge is 0.471 e. The van der Waals surface area contributed by atoms with Crippen LogP contribution < -0.4 is 4.74 Å². The molecule has 1 atom stereocenters. The van der Waals surface area contributed by atoms with E-state index in [1.165, 1.54) is 37.6 Å². The number of benzene rings is 2. The van der Waals surface area contributed by atoms with Gasteiger partial charge in [-0.1, -0.05) is 23.4 Å². The highest BCUT2D eigenvalue weighted by Crippen LogP contribution is 2.27. The Balaban J connectivity index is 1.77. The van der Waals surface area contributed by atoms with Crippen molar-refractivity contribution < 1.29 is 31.4 Å². The number of amides is 1. The van der Waals surface area contributed by atoms with Gasteiger partial charge in [-0.05, 0) is 35.9 Å². The topological polar surface area (TPSA) is 94.7 Å². The van der Waals surface area contributed by atoms with Gasteiger partial charge in [-0.15, -0.1) is 0 Å². The van der Waals surface area contributed by atoms with Crippen LogP contribution >= 0.6 is 0 Å². The van der Waals surface area contributed by atoms with E-state index in [9.17, 15) is 22.2 Å². The summed E-state index contributed by atoms with van der Waals surface area (Å²) < 4.78 is 63.5. The van der Waals surface area contributed by atoms with Crippen molar-refractivity contribution in [3.63, 3.8) is 0 Å². The molecule has 1 aromatic heterocycles. The van der Waals surface area contributed by atoms with E-state index in [1.54, 1.807) is 24.3 Å². The summed E-state index contributed by atoms with van der Waals surface area (Å²) in [6, 6.07) is 12.4. The number of aromatic nitrogens is 2. The Morgan fingerprint density at radius 2 is 1.90 bits per heavy atom. The minimum absolute atomic E-state index is 0.0144. The summed E-state index contributed by atoms with van der Waals surface area (Å²) in [4.78, 5) is 16.1. The number of halogens is 3. The van der Waals surface area contributed by atoms with Gasteiger partial charge >= 0.3 is 12.1 Å². The molecule has 0 bridgehead atoms. The minimum atomic E-state index is -4.71. The summed E-state index contributed by atoms with van der Waals surface area (Å²) in [7, 11) is -1.53. The fourth-order valence-corrected chi connectivity index (χ4v) is 3.68. The fraction of sp³-hybridized carbons (Fsp3) is 0.211. The molecule has 158 valence electrons. The first-order valence-corrected chi connectivity index (χ1v) is 10.4. The normalized spacial score (nSPS) is 13.5. The van der Waals surface area contributed by atoms with Gasteiger partial charge in [0.15, 0.2) is 5.82 Å². The number of alkyl halides is 3. The van der Waals surface area contributed by atoms with Gasteiger partial charge in [0.2, 0.25) is 0 Å². The van der Waals surface area contributed by atoms with Gasteiger partial charge in [-0.3, -0.25) is 4.79 Å². The van der Waals surface area contributed by atoms with Crippen molar-refractivity contribution in [3.8, 4) is 5.75 Å². The number of ether oxygens (including phenoxy) is 1. The Morgan fingerprint density at radius 1 is 1.20 bits per heavy atom. The summed E-state index contributed by atoms with van der Waals surface area (Å²) in [5, 5.41) is 3.29. The molecule has 0 saturated carbocycles. The van der Waals surface area contributed by atoms with E-state index in [4.69, 9.17) is 4.74 Å². The molecule has 7 nitrogen and oxygen atoms in total. The van der Waals surface area contributed by atoms with Gasteiger partial charge < -0.3 is 9.26 Å². The summed E-state index contributed by atoms with van der Waals surface area (Å²) in [5.41, 5.74) is 0.742. The Labute approximate surface area is 170 Å². The Kier molecular flexibility index (Phi) is 5.92. The lowest BCUT2D eigenvalue weighted by Crippen LogP contribution is -2.05. The van der Waals surface area contributed by atoms with Crippen molar-refractivity contribution in [2.75, 3.05) is 13.4 Å². The third-order valence-corrected chi connectivity index (χ3v) is 5.65. The van der Waals surface area contributed by atoms with Gasteiger partial charge in [0, 0.05) is 18.2 Å². The van der Waals surface area contributed by atoms with Crippen molar-refractivity contribution >= 4 is 15.6 Å². The summed E-state index contributed by atoms with van der Waals surface area (Å²) in [6.07, 6.45) is -3.37. The van der Waals surface area contributed by atoms with Crippen molar-refractivity contribution in [1.29, 1.82) is 0 Å². The Hall–Kier alpha value is -3.21. The Bertz CT molecular complexity index is 1180. The first-order valence-electron chi connectivity index (χ1n) is 8.48. The van der Waals surface area contributed by atoms with Crippen LogP contribution in [-0.2, 0) is 22.3 Å². The SMILES string of the molecule is COc1cccc(S(C)(=O)=NC(=O)c2ccc(Cc3noc(C(F)(F)F)n3)cc2)c1. The van der Waals surface area contributed by atoms with Crippen molar-refractivity contribution in [2.24, 2.45) is 4.36 Å². The minimum Gasteiger partial charge on any atom is -0.497 e. The highest BCUT2D eigenvalue weighted by molar-refractivity contribution is 7.93. The molecule has 0 aliphatic carbocycles. The van der Waals surface area contributed by atoms with Crippen molar-refractivity contribution in [1.82, 2.24) is 10.1 Å². The molecule has 1 amide bonds. The summed E-state index contributed by atoms with van der Waals surface area (Å²) in [5.74, 6) is -1.75. The maximum absolute atomic E-state index is 12.9. The van der Waals surface area contributed by atoms with Crippen LogP contribution in [0.4, 0.5) is 13.2 Å². The van der Waals surface area contributed by atoms with E-state index in [-0.39, 0.29) is 17.8 Å². The van der Waals surface area contributed by atoms with E-state index in [0.29, 0.717) is 16.2 Å². The fourth-order valence-electron chi connectivity index (χ4n) is 2.49. The van der Waals surface area contributed by atoms with Crippen LogP contribution in [0.1, 0.15) is 27.6 Å². The molecule has 0 aliphatic rings. The highest BCUT2D eigenvalue weighted by Gasteiger charge is 2.38. The second kappa shape index (κ2) is 8.27. The van der Waals surface area contributed by atoms with E-state index < -0.39 is 27.7 Å². The number of rotatable bonds is 5. The quantitative estimate of drug-likeness (QED) is 0.597. The molecule has 0 saturated heterocycles. The van der Waals surface area contributed by atoms with Gasteiger partial charge in [0.1, 0.15) is 5.75 Å². The van der Waals surface area contributed by atoms with Crippen LogP contribution in [0.15, 0.2) is 62.3 Å². The number of hydrogen-bond acceptors (Lipinski definition) is 6. The molecule has 3 rings (SSSR count). The zero-order chi connectivity index (χ0) is 21.9. The maximum atomic E-state index is 12.9. The molecule has 0 fully saturated rings. The lowest BCUT2D eigenvalue weighted by molar-refractivity contribution is -0.159. The summed E-state index contributed by atoms with van der Waals surface area (Å²) in [6.45, 7) is 0. The average Bonchev–Trinajstić information content (AvgIpc) is 3.17. The number of carbonyl (C=O) groups excluding carboxylic acids is 1. The molecule has 11 heteroatoms. The van der Waals surface area contributed by atoms with Gasteiger partial charge in [-0.2, -0.15) is 22.5 Å². The molecule has 30 heavy (non-hydrogen) atoms. The van der Waals surface area contributed by atoms with E-state index in [1.807, 2.05) is 0 Å². The van der Waals surface area contributed by atoms with E-state index in [2.05, 4.69) is 19.0 Å². The predicted molar refractivity (Wildman–Crippen MR) is 101 cm³/mol. The van der Waals surface area contributed by atoms with Gasteiger partial charge in [0.25, 0.3) is 5.91 Å². The second-order valence-corrected chi connectivity index (χ2v) is 8.52. The van der Waals surface area contributed by atoms with E-state index in [0.717, 1.165) is 0 Å². The molecular weight excluding hydrogens is 423 g/mol. The number of nitrogens with zero attached hydrogens (tertiary/aromatic N) is 3. The average molecular weight is 439 g/mol. The first-order chi connectivity index (χ1) is 14.1. The van der Waals surface area contributed by atoms with Crippen LogP contribution in [0.3, 0.4) is 0 Å². The van der Waals surface area contributed by atoms with Crippen molar-refractivity contribution in [3.05, 3.63) is 71.4 Å². The standard InChI is InChI=1S/C19H16F3N3O4S/c1-28-14-4-3-5-15(11-14)30(2,27)25-17(26)13-8-6-12(7-9-13)10-16-23-18(29-24-16)19(20,21)22/h3-9,11H,10H2,1-2H3. The molecule has 0 N–H and O–H groups in total. The number of methoxy groups -OCH3 is 1. The van der Waals surface area contributed by atoms with Crippen LogP contribution in [0.25, 0.3) is 0 Å². The molecule has 3 aromatic rings. The monoisotopic (exact) mass is 439 g/mol. The molecule has 2 aromatic carbocycles. The Morgan fingerprint density at radius 3 is 2.50 bits per heavy atom. The lowest BCUT2D eigenvalue weighted by Gasteiger charge is -2.06.